The van der Waals surface area contributed by atoms with Crippen molar-refractivity contribution in [2.45, 2.75) is 18.9 Å². The van der Waals surface area contributed by atoms with Gasteiger partial charge in [0.1, 0.15) is 11.6 Å². The Morgan fingerprint density at radius 3 is 2.47 bits per heavy atom. The molecule has 0 radical (unpaired) electrons. The molecule has 2 aliphatic rings. The average molecular weight is 266 g/mol. The molecule has 1 amide bonds. The van der Waals surface area contributed by atoms with Crippen LogP contribution in [0.2, 0.25) is 0 Å². The van der Waals surface area contributed by atoms with Crippen molar-refractivity contribution >= 4 is 5.91 Å². The molecule has 1 heterocycles. The van der Waals surface area contributed by atoms with Crippen molar-refractivity contribution in [3.05, 3.63) is 35.4 Å². The minimum atomic E-state index is -0.723. The lowest BCUT2D eigenvalue weighted by molar-refractivity contribution is 0.0778. The quantitative estimate of drug-likeness (QED) is 0.842. The van der Waals surface area contributed by atoms with Crippen LogP contribution in [-0.4, -0.2) is 29.9 Å². The maximum Gasteiger partial charge on any atom is 0.254 e. The molecule has 0 bridgehead atoms. The molecule has 5 heteroatoms. The Morgan fingerprint density at radius 1 is 1.16 bits per heavy atom. The molecule has 0 aromatic heterocycles. The largest absolute Gasteiger partial charge is 0.338 e. The van der Waals surface area contributed by atoms with Crippen LogP contribution in [0.15, 0.2) is 18.2 Å². The Bertz CT molecular complexity index is 500. The van der Waals surface area contributed by atoms with Gasteiger partial charge in [0.05, 0.1) is 0 Å². The highest BCUT2D eigenvalue weighted by molar-refractivity contribution is 5.94. The first-order chi connectivity index (χ1) is 9.04. The molecule has 1 aromatic carbocycles. The Labute approximate surface area is 110 Å². The Kier molecular flexibility index (Phi) is 3.01. The van der Waals surface area contributed by atoms with Gasteiger partial charge < -0.3 is 10.6 Å². The molecule has 19 heavy (non-hydrogen) atoms. The molecule has 3 atom stereocenters. The van der Waals surface area contributed by atoms with Crippen LogP contribution in [0.3, 0.4) is 0 Å². The second-order valence-electron chi connectivity index (χ2n) is 5.53. The molecule has 1 saturated heterocycles. The summed E-state index contributed by atoms with van der Waals surface area (Å²) in [6.07, 6.45) is 2.04. The first kappa shape index (κ1) is 12.5. The fourth-order valence-corrected chi connectivity index (χ4v) is 3.33. The van der Waals surface area contributed by atoms with Crippen LogP contribution in [0.1, 0.15) is 23.2 Å². The summed E-state index contributed by atoms with van der Waals surface area (Å²) in [7, 11) is 0. The maximum atomic E-state index is 13.1. The van der Waals surface area contributed by atoms with Crippen LogP contribution >= 0.6 is 0 Å². The highest BCUT2D eigenvalue weighted by Crippen LogP contribution is 2.37. The molecule has 3 nitrogen and oxygen atoms in total. The zero-order chi connectivity index (χ0) is 13.6. The summed E-state index contributed by atoms with van der Waals surface area (Å²) < 4.78 is 26.3. The normalized spacial score (nSPS) is 29.6. The number of nitrogens with zero attached hydrogens (tertiary/aromatic N) is 1. The number of rotatable bonds is 1. The summed E-state index contributed by atoms with van der Waals surface area (Å²) >= 11 is 0. The number of hydrogen-bond donors (Lipinski definition) is 1. The number of carbonyl (C=O) groups is 1. The van der Waals surface area contributed by atoms with E-state index in [1.807, 2.05) is 0 Å². The van der Waals surface area contributed by atoms with Gasteiger partial charge in [0.15, 0.2) is 0 Å². The van der Waals surface area contributed by atoms with Crippen molar-refractivity contribution in [2.24, 2.45) is 17.6 Å². The van der Waals surface area contributed by atoms with Crippen molar-refractivity contribution in [2.75, 3.05) is 13.1 Å². The number of likely N-dealkylation sites (tertiary alicyclic amines) is 1. The van der Waals surface area contributed by atoms with Gasteiger partial charge in [-0.3, -0.25) is 4.79 Å². The van der Waals surface area contributed by atoms with Crippen LogP contribution in [0.5, 0.6) is 0 Å². The number of benzene rings is 1. The van der Waals surface area contributed by atoms with Gasteiger partial charge in [0.25, 0.3) is 5.91 Å². The molecule has 1 aliphatic carbocycles. The first-order valence-electron chi connectivity index (χ1n) is 6.55. The van der Waals surface area contributed by atoms with Gasteiger partial charge in [0.2, 0.25) is 0 Å². The molecule has 2 fully saturated rings. The van der Waals surface area contributed by atoms with E-state index in [1.54, 1.807) is 4.90 Å². The van der Waals surface area contributed by atoms with Crippen molar-refractivity contribution in [3.63, 3.8) is 0 Å². The summed E-state index contributed by atoms with van der Waals surface area (Å²) in [5, 5.41) is 0. The Balaban J connectivity index is 1.78. The molecule has 102 valence electrons. The number of nitrogens with two attached hydrogens (primary N) is 1. The highest BCUT2D eigenvalue weighted by Gasteiger charge is 2.42. The van der Waals surface area contributed by atoms with Gasteiger partial charge in [0, 0.05) is 30.8 Å². The van der Waals surface area contributed by atoms with Gasteiger partial charge >= 0.3 is 0 Å². The van der Waals surface area contributed by atoms with Crippen molar-refractivity contribution in [3.8, 4) is 0 Å². The zero-order valence-electron chi connectivity index (χ0n) is 10.5. The van der Waals surface area contributed by atoms with E-state index in [-0.39, 0.29) is 17.5 Å². The van der Waals surface area contributed by atoms with E-state index in [4.69, 9.17) is 5.73 Å². The third-order valence-electron chi connectivity index (χ3n) is 4.31. The number of carbonyl (C=O) groups excluding carboxylic acids is 1. The van der Waals surface area contributed by atoms with E-state index in [2.05, 4.69) is 0 Å². The molecule has 1 aromatic rings. The zero-order valence-corrected chi connectivity index (χ0v) is 10.5. The fraction of sp³-hybridized carbons (Fsp3) is 0.500. The van der Waals surface area contributed by atoms with Gasteiger partial charge in [-0.05, 0) is 36.8 Å². The predicted molar refractivity (Wildman–Crippen MR) is 66.5 cm³/mol. The molecule has 3 rings (SSSR count). The summed E-state index contributed by atoms with van der Waals surface area (Å²) in [6, 6.07) is 3.08. The lowest BCUT2D eigenvalue weighted by Crippen LogP contribution is -2.33. The minimum absolute atomic E-state index is 0.0750. The van der Waals surface area contributed by atoms with Crippen LogP contribution in [0, 0.1) is 23.5 Å². The van der Waals surface area contributed by atoms with Crippen LogP contribution in [0.4, 0.5) is 8.78 Å². The first-order valence-corrected chi connectivity index (χ1v) is 6.55. The van der Waals surface area contributed by atoms with Crippen LogP contribution < -0.4 is 5.73 Å². The third kappa shape index (κ3) is 2.23. The highest BCUT2D eigenvalue weighted by atomic mass is 19.1. The van der Waals surface area contributed by atoms with E-state index < -0.39 is 11.6 Å². The molecule has 2 N–H and O–H groups in total. The number of fused-ring (bicyclic) bond motifs is 1. The molecule has 1 saturated carbocycles. The predicted octanol–water partition coefficient (Wildman–Crippen LogP) is 1.77. The van der Waals surface area contributed by atoms with Crippen LogP contribution in [-0.2, 0) is 0 Å². The van der Waals surface area contributed by atoms with Gasteiger partial charge in [-0.25, -0.2) is 8.78 Å². The molecule has 1 aliphatic heterocycles. The topological polar surface area (TPSA) is 46.3 Å². The molecule has 0 spiro atoms. The lowest BCUT2D eigenvalue weighted by atomic mass is 9.98. The van der Waals surface area contributed by atoms with Gasteiger partial charge in [-0.2, -0.15) is 0 Å². The second-order valence-corrected chi connectivity index (χ2v) is 5.53. The van der Waals surface area contributed by atoms with Crippen molar-refractivity contribution in [1.82, 2.24) is 4.90 Å². The number of hydrogen-bond acceptors (Lipinski definition) is 2. The Hall–Kier alpha value is -1.49. The number of amides is 1. The van der Waals surface area contributed by atoms with E-state index in [9.17, 15) is 13.6 Å². The summed E-state index contributed by atoms with van der Waals surface area (Å²) in [4.78, 5) is 13.9. The fourth-order valence-electron chi connectivity index (χ4n) is 3.33. The summed E-state index contributed by atoms with van der Waals surface area (Å²) in [5.74, 6) is -0.974. The molecular formula is C14H16F2N2O. The van der Waals surface area contributed by atoms with E-state index >= 15 is 0 Å². The summed E-state index contributed by atoms with van der Waals surface area (Å²) in [5.41, 5.74) is 6.09. The van der Waals surface area contributed by atoms with E-state index in [0.717, 1.165) is 31.0 Å². The maximum absolute atomic E-state index is 13.1. The van der Waals surface area contributed by atoms with Crippen LogP contribution in [0.25, 0.3) is 0 Å². The Morgan fingerprint density at radius 2 is 1.84 bits per heavy atom. The molecular weight excluding hydrogens is 250 g/mol. The standard InChI is InChI=1S/C14H16F2N2O/c15-10-3-9(4-11(16)5-10)14(19)18-6-8-1-2-13(17)12(8)7-18/h3-5,8,12-13H,1-2,6-7,17H2. The van der Waals surface area contributed by atoms with E-state index in [0.29, 0.717) is 24.9 Å². The summed E-state index contributed by atoms with van der Waals surface area (Å²) in [6.45, 7) is 1.25. The van der Waals surface area contributed by atoms with Crippen molar-refractivity contribution < 1.29 is 13.6 Å². The SMILES string of the molecule is NC1CCC2CN(C(=O)c3cc(F)cc(F)c3)CC12. The smallest absolute Gasteiger partial charge is 0.254 e. The minimum Gasteiger partial charge on any atom is -0.338 e. The van der Waals surface area contributed by atoms with E-state index in [1.165, 1.54) is 0 Å². The number of halogens is 2. The van der Waals surface area contributed by atoms with Gasteiger partial charge in [-0.1, -0.05) is 0 Å². The average Bonchev–Trinajstić information content (AvgIpc) is 2.90. The van der Waals surface area contributed by atoms with Gasteiger partial charge in [-0.15, -0.1) is 0 Å². The second kappa shape index (κ2) is 4.56. The monoisotopic (exact) mass is 266 g/mol. The third-order valence-corrected chi connectivity index (χ3v) is 4.31. The van der Waals surface area contributed by atoms with Crippen molar-refractivity contribution in [1.29, 1.82) is 0 Å². The molecule has 3 unspecified atom stereocenters. The lowest BCUT2D eigenvalue weighted by Gasteiger charge is -2.18.